The molecule has 0 saturated carbocycles. The van der Waals surface area contributed by atoms with Crippen LogP contribution in [-0.4, -0.2) is 16.0 Å². The van der Waals surface area contributed by atoms with E-state index < -0.39 is 0 Å². The molecule has 2 aromatic carbocycles. The van der Waals surface area contributed by atoms with Gasteiger partial charge in [0.05, 0.1) is 23.0 Å². The van der Waals surface area contributed by atoms with Gasteiger partial charge in [-0.2, -0.15) is 10.4 Å². The van der Waals surface area contributed by atoms with Crippen LogP contribution in [0.25, 0.3) is 5.69 Å². The summed E-state index contributed by atoms with van der Waals surface area (Å²) in [5.41, 5.74) is 3.47. The lowest BCUT2D eigenvalue weighted by atomic mass is 10.2. The number of aromatic nitrogens is 2. The highest BCUT2D eigenvalue weighted by Crippen LogP contribution is 2.19. The molecule has 0 aliphatic rings. The molecule has 0 aliphatic carbocycles. The number of rotatable bonds is 3. The Kier molecular flexibility index (Phi) is 3.80. The number of aliphatic imine (C=N–C) groups is 1. The number of hydrogen-bond acceptors (Lipinski definition) is 3. The van der Waals surface area contributed by atoms with E-state index in [1.165, 1.54) is 0 Å². The fraction of sp³-hybridized carbons (Fsp3) is 0.0556. The van der Waals surface area contributed by atoms with Gasteiger partial charge < -0.3 is 0 Å². The van der Waals surface area contributed by atoms with E-state index in [0.29, 0.717) is 5.56 Å². The minimum absolute atomic E-state index is 0.641. The molecule has 0 amide bonds. The molecule has 106 valence electrons. The molecule has 0 fully saturated rings. The highest BCUT2D eigenvalue weighted by Gasteiger charge is 2.05. The molecule has 0 unspecified atom stereocenters. The van der Waals surface area contributed by atoms with E-state index in [1.54, 1.807) is 18.3 Å². The van der Waals surface area contributed by atoms with E-state index in [1.807, 2.05) is 60.1 Å². The molecule has 4 nitrogen and oxygen atoms in total. The molecule has 3 rings (SSSR count). The second-order valence-corrected chi connectivity index (χ2v) is 4.88. The predicted octanol–water partition coefficient (Wildman–Crippen LogP) is 3.80. The zero-order valence-electron chi connectivity index (χ0n) is 12.1. The molecule has 1 aromatic heterocycles. The average molecular weight is 286 g/mol. The molecular formula is C18H14N4. The summed E-state index contributed by atoms with van der Waals surface area (Å²) in [6.07, 6.45) is 1.77. The largest absolute Gasteiger partial charge is 0.236 e. The van der Waals surface area contributed by atoms with Gasteiger partial charge in [0.25, 0.3) is 0 Å². The monoisotopic (exact) mass is 286 g/mol. The predicted molar refractivity (Wildman–Crippen MR) is 86.7 cm³/mol. The van der Waals surface area contributed by atoms with Crippen LogP contribution in [0.15, 0.2) is 65.7 Å². The highest BCUT2D eigenvalue weighted by atomic mass is 15.3. The van der Waals surface area contributed by atoms with Crippen LogP contribution >= 0.6 is 0 Å². The van der Waals surface area contributed by atoms with Gasteiger partial charge in [0, 0.05) is 12.3 Å². The van der Waals surface area contributed by atoms with Crippen LogP contribution in [0.2, 0.25) is 0 Å². The van der Waals surface area contributed by atoms with Gasteiger partial charge in [-0.25, -0.2) is 9.67 Å². The van der Waals surface area contributed by atoms with Gasteiger partial charge in [0.1, 0.15) is 0 Å². The van der Waals surface area contributed by atoms with Crippen molar-refractivity contribution < 1.29 is 0 Å². The smallest absolute Gasteiger partial charge is 0.155 e. The second kappa shape index (κ2) is 6.06. The van der Waals surface area contributed by atoms with E-state index in [0.717, 1.165) is 22.8 Å². The topological polar surface area (TPSA) is 54.0 Å². The fourth-order valence-corrected chi connectivity index (χ4v) is 2.12. The van der Waals surface area contributed by atoms with E-state index in [9.17, 15) is 0 Å². The summed E-state index contributed by atoms with van der Waals surface area (Å²) in [6, 6.07) is 21.2. The maximum atomic E-state index is 8.81. The van der Waals surface area contributed by atoms with Crippen LogP contribution in [0, 0.1) is 18.3 Å². The molecule has 0 bridgehead atoms. The Bertz CT molecular complexity index is 837. The number of aryl methyl sites for hydroxylation is 1. The van der Waals surface area contributed by atoms with Crippen molar-refractivity contribution in [3.63, 3.8) is 0 Å². The summed E-state index contributed by atoms with van der Waals surface area (Å²) in [6.45, 7) is 1.94. The first kappa shape index (κ1) is 13.8. The van der Waals surface area contributed by atoms with Crippen LogP contribution in [-0.2, 0) is 0 Å². The van der Waals surface area contributed by atoms with Crippen molar-refractivity contribution in [2.45, 2.75) is 6.92 Å². The van der Waals surface area contributed by atoms with Crippen molar-refractivity contribution in [2.24, 2.45) is 4.99 Å². The minimum Gasteiger partial charge on any atom is -0.236 e. The normalized spacial score (nSPS) is 10.7. The van der Waals surface area contributed by atoms with Crippen LogP contribution in [0.5, 0.6) is 0 Å². The van der Waals surface area contributed by atoms with Gasteiger partial charge in [-0.15, -0.1) is 0 Å². The lowest BCUT2D eigenvalue weighted by molar-refractivity contribution is 0.863. The fourth-order valence-electron chi connectivity index (χ4n) is 2.12. The van der Waals surface area contributed by atoms with Gasteiger partial charge in [0.2, 0.25) is 0 Å². The number of hydrogen-bond donors (Lipinski definition) is 0. The molecule has 0 radical (unpaired) electrons. The van der Waals surface area contributed by atoms with E-state index in [4.69, 9.17) is 5.26 Å². The molecular weight excluding hydrogens is 272 g/mol. The zero-order chi connectivity index (χ0) is 15.4. The maximum absolute atomic E-state index is 8.81. The molecule has 1 heterocycles. The van der Waals surface area contributed by atoms with Crippen molar-refractivity contribution in [1.82, 2.24) is 9.78 Å². The lowest BCUT2D eigenvalue weighted by Crippen LogP contribution is -1.95. The quantitative estimate of drug-likeness (QED) is 0.688. The first-order valence-corrected chi connectivity index (χ1v) is 6.92. The van der Waals surface area contributed by atoms with Crippen molar-refractivity contribution in [1.29, 1.82) is 5.26 Å². The second-order valence-electron chi connectivity index (χ2n) is 4.88. The SMILES string of the molecule is Cc1cc(/N=C/c2ccc(C#N)cc2)n(-c2ccccc2)n1. The van der Waals surface area contributed by atoms with Crippen molar-refractivity contribution in [2.75, 3.05) is 0 Å². The Morgan fingerprint density at radius 1 is 1.09 bits per heavy atom. The van der Waals surface area contributed by atoms with Crippen molar-refractivity contribution in [3.8, 4) is 11.8 Å². The zero-order valence-corrected chi connectivity index (χ0v) is 12.1. The standard InChI is InChI=1S/C18H14N4/c1-14-11-18(22(21-14)17-5-3-2-4-6-17)20-13-16-9-7-15(12-19)8-10-16/h2-11,13H,1H3/b20-13+. The Labute approximate surface area is 129 Å². The number of para-hydroxylation sites is 1. The van der Waals surface area contributed by atoms with Gasteiger partial charge in [-0.1, -0.05) is 30.3 Å². The Morgan fingerprint density at radius 3 is 2.50 bits per heavy atom. The van der Waals surface area contributed by atoms with Gasteiger partial charge in [-0.3, -0.25) is 0 Å². The van der Waals surface area contributed by atoms with E-state index >= 15 is 0 Å². The highest BCUT2D eigenvalue weighted by molar-refractivity contribution is 5.81. The molecule has 0 N–H and O–H groups in total. The van der Waals surface area contributed by atoms with Crippen molar-refractivity contribution in [3.05, 3.63) is 77.5 Å². The summed E-state index contributed by atoms with van der Waals surface area (Å²) in [4.78, 5) is 4.52. The molecule has 0 saturated heterocycles. The third-order valence-electron chi connectivity index (χ3n) is 3.20. The van der Waals surface area contributed by atoms with Crippen LogP contribution < -0.4 is 0 Å². The number of benzene rings is 2. The summed E-state index contributed by atoms with van der Waals surface area (Å²) in [7, 11) is 0. The molecule has 0 aliphatic heterocycles. The third kappa shape index (κ3) is 2.94. The Morgan fingerprint density at radius 2 is 1.82 bits per heavy atom. The van der Waals surface area contributed by atoms with Crippen molar-refractivity contribution >= 4 is 12.0 Å². The molecule has 4 heteroatoms. The minimum atomic E-state index is 0.641. The maximum Gasteiger partial charge on any atom is 0.155 e. The van der Waals surface area contributed by atoms with Crippen LogP contribution in [0.4, 0.5) is 5.82 Å². The van der Waals surface area contributed by atoms with E-state index in [2.05, 4.69) is 16.2 Å². The molecule has 22 heavy (non-hydrogen) atoms. The first-order valence-electron chi connectivity index (χ1n) is 6.92. The summed E-state index contributed by atoms with van der Waals surface area (Å²) in [5.74, 6) is 0.771. The third-order valence-corrected chi connectivity index (χ3v) is 3.20. The molecule has 0 atom stereocenters. The summed E-state index contributed by atoms with van der Waals surface area (Å²) >= 11 is 0. The lowest BCUT2D eigenvalue weighted by Gasteiger charge is -2.03. The number of nitriles is 1. The summed E-state index contributed by atoms with van der Waals surface area (Å²) in [5, 5.41) is 13.3. The summed E-state index contributed by atoms with van der Waals surface area (Å²) < 4.78 is 1.81. The molecule has 0 spiro atoms. The first-order chi connectivity index (χ1) is 10.8. The Hall–Kier alpha value is -3.19. The van der Waals surface area contributed by atoms with Gasteiger partial charge >= 0.3 is 0 Å². The van der Waals surface area contributed by atoms with Crippen LogP contribution in [0.1, 0.15) is 16.8 Å². The van der Waals surface area contributed by atoms with Gasteiger partial charge in [-0.05, 0) is 36.8 Å². The van der Waals surface area contributed by atoms with E-state index in [-0.39, 0.29) is 0 Å². The molecule has 3 aromatic rings. The Balaban J connectivity index is 1.92. The average Bonchev–Trinajstić information content (AvgIpc) is 2.95. The number of nitrogens with zero attached hydrogens (tertiary/aromatic N) is 4. The van der Waals surface area contributed by atoms with Gasteiger partial charge in [0.15, 0.2) is 5.82 Å². The van der Waals surface area contributed by atoms with Crippen LogP contribution in [0.3, 0.4) is 0 Å².